The van der Waals surface area contributed by atoms with Crippen LogP contribution in [0.15, 0.2) is 36.4 Å². The maximum absolute atomic E-state index is 12.2. The van der Waals surface area contributed by atoms with Crippen molar-refractivity contribution in [1.82, 2.24) is 0 Å². The van der Waals surface area contributed by atoms with Gasteiger partial charge in [0.1, 0.15) is 6.61 Å². The van der Waals surface area contributed by atoms with Crippen LogP contribution in [0.3, 0.4) is 0 Å². The third-order valence-electron chi connectivity index (χ3n) is 2.75. The second kappa shape index (κ2) is 8.97. The van der Waals surface area contributed by atoms with Gasteiger partial charge in [-0.2, -0.15) is 13.2 Å². The molecule has 0 saturated carbocycles. The summed E-state index contributed by atoms with van der Waals surface area (Å²) in [5, 5.41) is 0. The highest BCUT2D eigenvalue weighted by Crippen LogP contribution is 2.22. The molecule has 0 radical (unpaired) electrons. The number of benzene rings is 1. The lowest BCUT2D eigenvalue weighted by molar-refractivity contribution is -0.216. The molecule has 1 rings (SSSR count). The van der Waals surface area contributed by atoms with Gasteiger partial charge in [-0.15, -0.1) is 0 Å². The lowest BCUT2D eigenvalue weighted by Gasteiger charge is -2.15. The summed E-state index contributed by atoms with van der Waals surface area (Å²) >= 11 is 0. The summed E-state index contributed by atoms with van der Waals surface area (Å²) in [4.78, 5) is 22.5. The number of hydrogen-bond acceptors (Lipinski definition) is 4. The van der Waals surface area contributed by atoms with Crippen LogP contribution in [0.1, 0.15) is 25.3 Å². The molecule has 1 unspecified atom stereocenters. The molecule has 4 nitrogen and oxygen atoms in total. The van der Waals surface area contributed by atoms with E-state index in [9.17, 15) is 22.8 Å². The van der Waals surface area contributed by atoms with Crippen molar-refractivity contribution >= 4 is 18.0 Å². The summed E-state index contributed by atoms with van der Waals surface area (Å²) in [6.45, 7) is 0.742. The Morgan fingerprint density at radius 2 is 1.74 bits per heavy atom. The van der Waals surface area contributed by atoms with Crippen LogP contribution < -0.4 is 0 Å². The van der Waals surface area contributed by atoms with E-state index in [4.69, 9.17) is 4.74 Å². The highest BCUT2D eigenvalue weighted by molar-refractivity contribution is 5.77. The first-order valence-electron chi connectivity index (χ1n) is 6.92. The third kappa shape index (κ3) is 8.04. The van der Waals surface area contributed by atoms with Crippen LogP contribution in [-0.2, 0) is 19.1 Å². The molecule has 1 aromatic rings. The topological polar surface area (TPSA) is 52.6 Å². The van der Waals surface area contributed by atoms with Crippen molar-refractivity contribution < 1.29 is 32.2 Å². The number of halogens is 3. The second-order valence-electron chi connectivity index (χ2n) is 4.67. The van der Waals surface area contributed by atoms with Gasteiger partial charge >= 0.3 is 18.1 Å². The minimum atomic E-state index is -4.61. The third-order valence-corrected chi connectivity index (χ3v) is 2.75. The molecule has 0 aliphatic carbocycles. The zero-order valence-corrected chi connectivity index (χ0v) is 12.5. The minimum absolute atomic E-state index is 0.0156. The lowest BCUT2D eigenvalue weighted by Crippen LogP contribution is -2.31. The van der Waals surface area contributed by atoms with Gasteiger partial charge in [-0.05, 0) is 18.6 Å². The molecule has 0 bridgehead atoms. The van der Waals surface area contributed by atoms with Gasteiger partial charge in [0.05, 0.1) is 12.8 Å². The van der Waals surface area contributed by atoms with Gasteiger partial charge in [0.25, 0.3) is 0 Å². The Balaban J connectivity index is 2.22. The molecular formula is C16H17F3O4. The molecule has 1 aromatic carbocycles. The Kier molecular flexibility index (Phi) is 7.31. The average molecular weight is 330 g/mol. The molecule has 7 heteroatoms. The summed E-state index contributed by atoms with van der Waals surface area (Å²) in [7, 11) is 0. The summed E-state index contributed by atoms with van der Waals surface area (Å²) in [5.41, 5.74) is 0.938. The largest absolute Gasteiger partial charge is 0.461 e. The van der Waals surface area contributed by atoms with Crippen molar-refractivity contribution in [3.8, 4) is 0 Å². The molecule has 0 saturated heterocycles. The molecule has 0 aliphatic rings. The molecule has 0 spiro atoms. The Morgan fingerprint density at radius 1 is 1.13 bits per heavy atom. The first-order valence-corrected chi connectivity index (χ1v) is 6.92. The van der Waals surface area contributed by atoms with Gasteiger partial charge in [0.15, 0.2) is 6.10 Å². The lowest BCUT2D eigenvalue weighted by atomic mass is 10.2. The summed E-state index contributed by atoms with van der Waals surface area (Å²) in [6.07, 6.45) is -4.22. The van der Waals surface area contributed by atoms with Crippen LogP contribution in [-0.4, -0.2) is 30.8 Å². The van der Waals surface area contributed by atoms with Gasteiger partial charge in [0.2, 0.25) is 0 Å². The van der Waals surface area contributed by atoms with Gasteiger partial charge < -0.3 is 9.47 Å². The molecule has 23 heavy (non-hydrogen) atoms. The first-order chi connectivity index (χ1) is 10.8. The van der Waals surface area contributed by atoms with Crippen molar-refractivity contribution in [2.75, 3.05) is 6.61 Å². The number of rotatable bonds is 7. The Hall–Kier alpha value is -2.31. The molecule has 0 aromatic heterocycles. The first kappa shape index (κ1) is 18.7. The van der Waals surface area contributed by atoms with Gasteiger partial charge in [-0.1, -0.05) is 36.4 Å². The van der Waals surface area contributed by atoms with E-state index in [1.165, 1.54) is 0 Å². The fraction of sp³-hybridized carbons (Fsp3) is 0.375. The zero-order valence-electron chi connectivity index (χ0n) is 12.5. The Labute approximate surface area is 131 Å². The monoisotopic (exact) mass is 330 g/mol. The predicted molar refractivity (Wildman–Crippen MR) is 77.3 cm³/mol. The van der Waals surface area contributed by atoms with E-state index in [2.05, 4.69) is 4.74 Å². The number of alkyl halides is 3. The van der Waals surface area contributed by atoms with E-state index in [1.807, 2.05) is 30.3 Å². The van der Waals surface area contributed by atoms with Crippen molar-refractivity contribution in [3.05, 3.63) is 42.0 Å². The van der Waals surface area contributed by atoms with Crippen molar-refractivity contribution in [2.45, 2.75) is 32.0 Å². The van der Waals surface area contributed by atoms with Crippen LogP contribution in [0, 0.1) is 0 Å². The van der Waals surface area contributed by atoms with Gasteiger partial charge in [-0.3, -0.25) is 9.59 Å². The number of esters is 2. The normalized spacial score (nSPS) is 12.9. The van der Waals surface area contributed by atoms with Crippen molar-refractivity contribution in [3.63, 3.8) is 0 Å². The van der Waals surface area contributed by atoms with E-state index in [0.717, 1.165) is 12.5 Å². The quantitative estimate of drug-likeness (QED) is 0.718. The number of ether oxygens (including phenoxy) is 2. The molecule has 1 atom stereocenters. The Bertz CT molecular complexity index is 538. The van der Waals surface area contributed by atoms with Gasteiger partial charge in [0, 0.05) is 0 Å². The van der Waals surface area contributed by atoms with Crippen LogP contribution in [0.2, 0.25) is 0 Å². The van der Waals surface area contributed by atoms with E-state index in [0.29, 0.717) is 0 Å². The average Bonchev–Trinajstić information content (AvgIpc) is 2.49. The maximum atomic E-state index is 12.2. The second-order valence-corrected chi connectivity index (χ2v) is 4.67. The van der Waals surface area contributed by atoms with E-state index < -0.39 is 30.6 Å². The number of hydrogen-bond donors (Lipinski definition) is 0. The van der Waals surface area contributed by atoms with Crippen LogP contribution in [0.25, 0.3) is 6.08 Å². The van der Waals surface area contributed by atoms with Crippen molar-refractivity contribution in [2.24, 2.45) is 0 Å². The molecule has 0 amide bonds. The van der Waals surface area contributed by atoms with E-state index >= 15 is 0 Å². The number of carbonyl (C=O) groups excluding carboxylic acids is 2. The molecule has 126 valence electrons. The van der Waals surface area contributed by atoms with E-state index in [1.54, 1.807) is 12.2 Å². The van der Waals surface area contributed by atoms with Gasteiger partial charge in [-0.25, -0.2) is 0 Å². The smallest absolute Gasteiger partial charge is 0.425 e. The van der Waals surface area contributed by atoms with Crippen LogP contribution in [0.4, 0.5) is 13.2 Å². The fourth-order valence-corrected chi connectivity index (χ4v) is 1.49. The fourth-order valence-electron chi connectivity index (χ4n) is 1.49. The highest BCUT2D eigenvalue weighted by Gasteiger charge is 2.39. The standard InChI is InChI=1S/C16H17F3O4/c1-12(16(17,18)19)23-15(21)10-9-14(20)22-11-5-8-13-6-3-2-4-7-13/h2-8,12H,9-11H2,1H3/b8-5+. The minimum Gasteiger partial charge on any atom is -0.461 e. The molecular weight excluding hydrogens is 313 g/mol. The number of carbonyl (C=O) groups is 2. The Morgan fingerprint density at radius 3 is 2.35 bits per heavy atom. The van der Waals surface area contributed by atoms with Crippen molar-refractivity contribution in [1.29, 1.82) is 0 Å². The summed E-state index contributed by atoms with van der Waals surface area (Å²) < 4.78 is 45.5. The maximum Gasteiger partial charge on any atom is 0.425 e. The zero-order chi connectivity index (χ0) is 17.3. The SMILES string of the molecule is CC(OC(=O)CCC(=O)OC/C=C/c1ccccc1)C(F)(F)F. The molecule has 0 heterocycles. The van der Waals surface area contributed by atoms with Crippen LogP contribution in [0.5, 0.6) is 0 Å². The summed E-state index contributed by atoms with van der Waals surface area (Å²) in [6, 6.07) is 9.33. The molecule has 0 fully saturated rings. The van der Waals surface area contributed by atoms with Crippen LogP contribution >= 0.6 is 0 Å². The molecule has 0 N–H and O–H groups in total. The summed E-state index contributed by atoms with van der Waals surface area (Å²) in [5.74, 6) is -1.77. The highest BCUT2D eigenvalue weighted by atomic mass is 19.4. The predicted octanol–water partition coefficient (Wildman–Crippen LogP) is 3.52. The molecule has 0 aliphatic heterocycles. The van der Waals surface area contributed by atoms with E-state index in [-0.39, 0.29) is 13.0 Å².